The number of anilines is 2. The van der Waals surface area contributed by atoms with E-state index in [0.29, 0.717) is 11.4 Å². The third-order valence-corrected chi connectivity index (χ3v) is 3.44. The Morgan fingerprint density at radius 1 is 1.19 bits per heavy atom. The van der Waals surface area contributed by atoms with Gasteiger partial charge in [0.2, 0.25) is 0 Å². The number of nitrogens with two attached hydrogens (primary N) is 1. The second-order valence-corrected chi connectivity index (χ2v) is 5.30. The maximum absolute atomic E-state index is 13.9. The van der Waals surface area contributed by atoms with Crippen molar-refractivity contribution >= 4 is 33.2 Å². The van der Waals surface area contributed by atoms with Crippen molar-refractivity contribution in [3.8, 4) is 0 Å². The summed E-state index contributed by atoms with van der Waals surface area (Å²) in [5.74, 6) is -2.54. The molecule has 0 saturated carbocycles. The van der Waals surface area contributed by atoms with E-state index in [1.165, 1.54) is 4.90 Å². The highest BCUT2D eigenvalue weighted by molar-refractivity contribution is 9.10. The first-order chi connectivity index (χ1) is 9.93. The standard InChI is InChI=1S/C15H13BrF2N2O/c1-2-20(11-5-3-10(19)4-6-11)15(21)14-12(17)7-9(16)8-13(14)18/h3-8H,2,19H2,1H3. The Hall–Kier alpha value is -1.95. The minimum atomic E-state index is -0.902. The van der Waals surface area contributed by atoms with E-state index in [9.17, 15) is 13.6 Å². The first-order valence-corrected chi connectivity index (χ1v) is 7.05. The summed E-state index contributed by atoms with van der Waals surface area (Å²) in [5, 5.41) is 0. The number of nitrogen functional groups attached to an aromatic ring is 1. The van der Waals surface area contributed by atoms with Crippen LogP contribution >= 0.6 is 15.9 Å². The van der Waals surface area contributed by atoms with Crippen molar-refractivity contribution in [2.45, 2.75) is 6.92 Å². The first-order valence-electron chi connectivity index (χ1n) is 6.26. The normalized spacial score (nSPS) is 10.5. The molecule has 0 aliphatic heterocycles. The zero-order valence-electron chi connectivity index (χ0n) is 11.2. The number of carbonyl (C=O) groups is 1. The molecular formula is C15H13BrF2N2O. The van der Waals surface area contributed by atoms with Crippen LogP contribution in [-0.2, 0) is 0 Å². The van der Waals surface area contributed by atoms with Gasteiger partial charge in [-0.3, -0.25) is 4.79 Å². The molecule has 2 aromatic rings. The zero-order valence-corrected chi connectivity index (χ0v) is 12.8. The average Bonchev–Trinajstić information content (AvgIpc) is 2.40. The molecule has 0 saturated heterocycles. The maximum atomic E-state index is 13.9. The van der Waals surface area contributed by atoms with Gasteiger partial charge in [0.25, 0.3) is 5.91 Å². The summed E-state index contributed by atoms with van der Waals surface area (Å²) < 4.78 is 28.0. The van der Waals surface area contributed by atoms with Gasteiger partial charge < -0.3 is 10.6 Å². The van der Waals surface area contributed by atoms with Crippen LogP contribution in [0.3, 0.4) is 0 Å². The number of rotatable bonds is 3. The summed E-state index contributed by atoms with van der Waals surface area (Å²) in [6, 6.07) is 8.64. The van der Waals surface area contributed by atoms with E-state index >= 15 is 0 Å². The number of carbonyl (C=O) groups excluding carboxylic acids is 1. The highest BCUT2D eigenvalue weighted by Crippen LogP contribution is 2.24. The number of halogens is 3. The Morgan fingerprint density at radius 3 is 2.19 bits per heavy atom. The lowest BCUT2D eigenvalue weighted by atomic mass is 10.1. The van der Waals surface area contributed by atoms with Gasteiger partial charge >= 0.3 is 0 Å². The van der Waals surface area contributed by atoms with Crippen LogP contribution in [0.25, 0.3) is 0 Å². The lowest BCUT2D eigenvalue weighted by Gasteiger charge is -2.21. The van der Waals surface area contributed by atoms with Crippen LogP contribution in [0.4, 0.5) is 20.2 Å². The van der Waals surface area contributed by atoms with Crippen LogP contribution in [0, 0.1) is 11.6 Å². The number of hydrogen-bond donors (Lipinski definition) is 1. The second kappa shape index (κ2) is 6.22. The fourth-order valence-corrected chi connectivity index (χ4v) is 2.38. The number of amides is 1. The minimum absolute atomic E-state index is 0.240. The first kappa shape index (κ1) is 15.4. The molecule has 6 heteroatoms. The number of nitrogens with zero attached hydrogens (tertiary/aromatic N) is 1. The van der Waals surface area contributed by atoms with E-state index in [0.717, 1.165) is 12.1 Å². The van der Waals surface area contributed by atoms with Crippen LogP contribution < -0.4 is 10.6 Å². The topological polar surface area (TPSA) is 46.3 Å². The van der Waals surface area contributed by atoms with Crippen molar-refractivity contribution < 1.29 is 13.6 Å². The van der Waals surface area contributed by atoms with E-state index in [1.54, 1.807) is 31.2 Å². The molecule has 1 amide bonds. The van der Waals surface area contributed by atoms with Crippen LogP contribution in [0.5, 0.6) is 0 Å². The van der Waals surface area contributed by atoms with E-state index in [4.69, 9.17) is 5.73 Å². The minimum Gasteiger partial charge on any atom is -0.399 e. The summed E-state index contributed by atoms with van der Waals surface area (Å²) in [5.41, 5.74) is 6.09. The second-order valence-electron chi connectivity index (χ2n) is 4.39. The fraction of sp³-hybridized carbons (Fsp3) is 0.133. The molecule has 0 aromatic heterocycles. The van der Waals surface area contributed by atoms with Crippen molar-refractivity contribution in [1.29, 1.82) is 0 Å². The van der Waals surface area contributed by atoms with E-state index < -0.39 is 23.1 Å². The van der Waals surface area contributed by atoms with Crippen molar-refractivity contribution in [1.82, 2.24) is 0 Å². The van der Waals surface area contributed by atoms with Gasteiger partial charge in [-0.15, -0.1) is 0 Å². The third-order valence-electron chi connectivity index (χ3n) is 2.99. The van der Waals surface area contributed by atoms with Crippen molar-refractivity contribution in [3.63, 3.8) is 0 Å². The van der Waals surface area contributed by atoms with Crippen LogP contribution in [-0.4, -0.2) is 12.5 Å². The Morgan fingerprint density at radius 2 is 1.71 bits per heavy atom. The van der Waals surface area contributed by atoms with E-state index in [1.807, 2.05) is 0 Å². The summed E-state index contributed by atoms with van der Waals surface area (Å²) in [7, 11) is 0. The molecule has 0 heterocycles. The lowest BCUT2D eigenvalue weighted by molar-refractivity contribution is 0.0980. The van der Waals surface area contributed by atoms with Crippen LogP contribution in [0.1, 0.15) is 17.3 Å². The van der Waals surface area contributed by atoms with Gasteiger partial charge in [0.1, 0.15) is 17.2 Å². The van der Waals surface area contributed by atoms with Crippen molar-refractivity contribution in [2.75, 3.05) is 17.2 Å². The number of hydrogen-bond acceptors (Lipinski definition) is 2. The fourth-order valence-electron chi connectivity index (χ4n) is 1.98. The molecule has 3 nitrogen and oxygen atoms in total. The Bertz CT molecular complexity index is 651. The van der Waals surface area contributed by atoms with Crippen LogP contribution in [0.2, 0.25) is 0 Å². The summed E-state index contributed by atoms with van der Waals surface area (Å²) >= 11 is 2.98. The molecule has 0 unspecified atom stereocenters. The van der Waals surface area contributed by atoms with E-state index in [2.05, 4.69) is 15.9 Å². The molecule has 0 spiro atoms. The van der Waals surface area contributed by atoms with Gasteiger partial charge in [-0.2, -0.15) is 0 Å². The monoisotopic (exact) mass is 354 g/mol. The molecule has 2 rings (SSSR count). The highest BCUT2D eigenvalue weighted by Gasteiger charge is 2.24. The molecule has 0 radical (unpaired) electrons. The summed E-state index contributed by atoms with van der Waals surface area (Å²) in [6.07, 6.45) is 0. The van der Waals surface area contributed by atoms with Gasteiger partial charge in [0.05, 0.1) is 0 Å². The van der Waals surface area contributed by atoms with Gasteiger partial charge in [-0.25, -0.2) is 8.78 Å². The summed E-state index contributed by atoms with van der Waals surface area (Å²) in [4.78, 5) is 13.7. The predicted molar refractivity (Wildman–Crippen MR) is 82.3 cm³/mol. The number of benzene rings is 2. The van der Waals surface area contributed by atoms with Crippen LogP contribution in [0.15, 0.2) is 40.9 Å². The molecule has 0 fully saturated rings. The largest absolute Gasteiger partial charge is 0.399 e. The smallest absolute Gasteiger partial charge is 0.264 e. The molecule has 21 heavy (non-hydrogen) atoms. The van der Waals surface area contributed by atoms with Gasteiger partial charge in [0, 0.05) is 22.4 Å². The molecule has 0 bridgehead atoms. The molecular weight excluding hydrogens is 342 g/mol. The van der Waals surface area contributed by atoms with Crippen molar-refractivity contribution in [3.05, 3.63) is 58.1 Å². The van der Waals surface area contributed by atoms with Crippen molar-refractivity contribution in [2.24, 2.45) is 0 Å². The Balaban J connectivity index is 2.44. The van der Waals surface area contributed by atoms with Gasteiger partial charge in [-0.05, 0) is 43.3 Å². The SMILES string of the molecule is CCN(C(=O)c1c(F)cc(Br)cc1F)c1ccc(N)cc1. The molecule has 0 aliphatic rings. The van der Waals surface area contributed by atoms with Gasteiger partial charge in [-0.1, -0.05) is 15.9 Å². The quantitative estimate of drug-likeness (QED) is 0.847. The lowest BCUT2D eigenvalue weighted by Crippen LogP contribution is -2.32. The molecule has 2 aromatic carbocycles. The van der Waals surface area contributed by atoms with E-state index in [-0.39, 0.29) is 11.0 Å². The molecule has 0 aliphatic carbocycles. The molecule has 2 N–H and O–H groups in total. The Labute approximate surface area is 129 Å². The summed E-state index contributed by atoms with van der Waals surface area (Å²) in [6.45, 7) is 2.00. The maximum Gasteiger partial charge on any atom is 0.264 e. The molecule has 110 valence electrons. The third kappa shape index (κ3) is 3.21. The predicted octanol–water partition coefficient (Wildman–Crippen LogP) is 3.98. The average molecular weight is 355 g/mol. The Kier molecular flexibility index (Phi) is 4.57. The zero-order chi connectivity index (χ0) is 15.6. The highest BCUT2D eigenvalue weighted by atomic mass is 79.9. The molecule has 0 atom stereocenters. The van der Waals surface area contributed by atoms with Gasteiger partial charge in [0.15, 0.2) is 0 Å².